The third kappa shape index (κ3) is 3.91. The third-order valence-corrected chi connectivity index (χ3v) is 5.83. The van der Waals surface area contributed by atoms with Gasteiger partial charge in [0.25, 0.3) is 0 Å². The molecule has 2 amide bonds. The molecule has 2 aromatic carbocycles. The third-order valence-electron chi connectivity index (χ3n) is 5.83. The fourth-order valence-electron chi connectivity index (χ4n) is 4.34. The van der Waals surface area contributed by atoms with Gasteiger partial charge in [-0.2, -0.15) is 0 Å². The second-order valence-corrected chi connectivity index (χ2v) is 7.61. The Balaban J connectivity index is 1.43. The van der Waals surface area contributed by atoms with Gasteiger partial charge in [-0.3, -0.25) is 9.69 Å². The number of nitrogens with one attached hydrogen (secondary N) is 1. The summed E-state index contributed by atoms with van der Waals surface area (Å²) in [4.78, 5) is 38.3. The Morgan fingerprint density at radius 3 is 2.29 bits per heavy atom. The molecule has 2 aliphatic rings. The molecule has 0 spiro atoms. The van der Waals surface area contributed by atoms with Gasteiger partial charge >= 0.3 is 12.1 Å². The van der Waals surface area contributed by atoms with E-state index in [9.17, 15) is 14.4 Å². The van der Waals surface area contributed by atoms with E-state index >= 15 is 0 Å². The van der Waals surface area contributed by atoms with Gasteiger partial charge < -0.3 is 14.8 Å². The zero-order chi connectivity index (χ0) is 22.0. The lowest BCUT2D eigenvalue weighted by atomic mass is 9.98. The van der Waals surface area contributed by atoms with Crippen LogP contribution in [0.2, 0.25) is 0 Å². The Bertz CT molecular complexity index is 1000. The number of nitrogens with zero attached hydrogens (tertiary/aromatic N) is 1. The highest BCUT2D eigenvalue weighted by atomic mass is 16.6. The maximum Gasteiger partial charge on any atom is 0.410 e. The predicted octanol–water partition coefficient (Wildman–Crippen LogP) is 3.20. The summed E-state index contributed by atoms with van der Waals surface area (Å²) in [5, 5.41) is 2.42. The van der Waals surface area contributed by atoms with Crippen LogP contribution in [0, 0.1) is 0 Å². The van der Waals surface area contributed by atoms with Crippen molar-refractivity contribution >= 4 is 18.0 Å². The summed E-state index contributed by atoms with van der Waals surface area (Å²) in [5.41, 5.74) is 4.40. The van der Waals surface area contributed by atoms with Gasteiger partial charge in [-0.15, -0.1) is 0 Å². The van der Waals surface area contributed by atoms with E-state index in [1.807, 2.05) is 24.3 Å². The number of hydrogen-bond acceptors (Lipinski definition) is 5. The minimum atomic E-state index is -0.723. The van der Waals surface area contributed by atoms with Crippen molar-refractivity contribution in [3.05, 3.63) is 71.9 Å². The first-order chi connectivity index (χ1) is 15.0. The Morgan fingerprint density at radius 1 is 1.06 bits per heavy atom. The molecule has 2 aromatic rings. The van der Waals surface area contributed by atoms with Crippen LogP contribution in [0.3, 0.4) is 0 Å². The Hall–Kier alpha value is -3.61. The van der Waals surface area contributed by atoms with Crippen molar-refractivity contribution in [2.45, 2.75) is 24.8 Å². The Kier molecular flexibility index (Phi) is 5.75. The molecule has 1 aliphatic heterocycles. The summed E-state index contributed by atoms with van der Waals surface area (Å²) in [6, 6.07) is 15.5. The standard InChI is InChI=1S/C24H24N2O5/c1-15(23(28)30-2)25-22(27)21-12-7-13-26(21)24(29)31-14-20-18-10-5-3-8-16(18)17-9-4-6-11-19(17)20/h3-6,8-11,20-21H,1,7,12-14H2,2H3,(H,25,27)/t21-/m0/s1. The van der Waals surface area contributed by atoms with Crippen LogP contribution in [0.15, 0.2) is 60.8 Å². The Labute approximate surface area is 180 Å². The van der Waals surface area contributed by atoms with Gasteiger partial charge in [-0.25, -0.2) is 9.59 Å². The molecule has 7 heteroatoms. The monoisotopic (exact) mass is 420 g/mol. The van der Waals surface area contributed by atoms with Crippen LogP contribution in [0.1, 0.15) is 29.9 Å². The van der Waals surface area contributed by atoms with Gasteiger partial charge in [0, 0.05) is 12.5 Å². The number of ether oxygens (including phenoxy) is 2. The number of amides is 2. The van der Waals surface area contributed by atoms with Crippen LogP contribution in [-0.2, 0) is 19.1 Å². The molecule has 0 bridgehead atoms. The molecule has 1 fully saturated rings. The van der Waals surface area contributed by atoms with Crippen LogP contribution >= 0.6 is 0 Å². The van der Waals surface area contributed by atoms with E-state index in [1.54, 1.807) is 0 Å². The SMILES string of the molecule is C=C(NC(=O)[C@@H]1CCCN1C(=O)OCC1c2ccccc2-c2ccccc21)C(=O)OC. The minimum Gasteiger partial charge on any atom is -0.464 e. The highest BCUT2D eigenvalue weighted by molar-refractivity contribution is 5.96. The molecule has 0 unspecified atom stereocenters. The smallest absolute Gasteiger partial charge is 0.410 e. The van der Waals surface area contributed by atoms with Crippen molar-refractivity contribution in [1.82, 2.24) is 10.2 Å². The van der Waals surface area contributed by atoms with Gasteiger partial charge in [0.05, 0.1) is 7.11 Å². The average molecular weight is 420 g/mol. The lowest BCUT2D eigenvalue weighted by molar-refractivity contribution is -0.138. The number of hydrogen-bond donors (Lipinski definition) is 1. The Morgan fingerprint density at radius 2 is 1.68 bits per heavy atom. The predicted molar refractivity (Wildman–Crippen MR) is 114 cm³/mol. The van der Waals surface area contributed by atoms with Crippen molar-refractivity contribution in [1.29, 1.82) is 0 Å². The van der Waals surface area contributed by atoms with E-state index in [4.69, 9.17) is 4.74 Å². The van der Waals surface area contributed by atoms with Crippen LogP contribution in [0.4, 0.5) is 4.79 Å². The van der Waals surface area contributed by atoms with Gasteiger partial charge in [0.1, 0.15) is 18.3 Å². The van der Waals surface area contributed by atoms with E-state index < -0.39 is 24.0 Å². The minimum absolute atomic E-state index is 0.0506. The van der Waals surface area contributed by atoms with Crippen molar-refractivity contribution in [2.75, 3.05) is 20.3 Å². The number of benzene rings is 2. The van der Waals surface area contributed by atoms with Gasteiger partial charge in [0.2, 0.25) is 5.91 Å². The summed E-state index contributed by atoms with van der Waals surface area (Å²) in [7, 11) is 1.21. The van der Waals surface area contributed by atoms with Gasteiger partial charge in [-0.1, -0.05) is 55.1 Å². The maximum atomic E-state index is 12.8. The van der Waals surface area contributed by atoms with Crippen LogP contribution in [-0.4, -0.2) is 49.2 Å². The number of methoxy groups -OCH3 is 1. The molecular formula is C24H24N2O5. The van der Waals surface area contributed by atoms with Crippen molar-refractivity contribution in [3.63, 3.8) is 0 Å². The fraction of sp³-hybridized carbons (Fsp3) is 0.292. The first-order valence-corrected chi connectivity index (χ1v) is 10.2. The topological polar surface area (TPSA) is 84.9 Å². The first kappa shape index (κ1) is 20.7. The lowest BCUT2D eigenvalue weighted by Crippen LogP contribution is -2.46. The molecular weight excluding hydrogens is 396 g/mol. The van der Waals surface area contributed by atoms with Gasteiger partial charge in [0.15, 0.2) is 0 Å². The highest BCUT2D eigenvalue weighted by Gasteiger charge is 2.37. The van der Waals surface area contributed by atoms with E-state index in [0.29, 0.717) is 19.4 Å². The molecule has 31 heavy (non-hydrogen) atoms. The van der Waals surface area contributed by atoms with Crippen LogP contribution in [0.25, 0.3) is 11.1 Å². The molecule has 0 saturated carbocycles. The maximum absolute atomic E-state index is 12.8. The molecule has 1 aliphatic carbocycles. The number of carbonyl (C=O) groups excluding carboxylic acids is 3. The molecule has 0 radical (unpaired) electrons. The summed E-state index contributed by atoms with van der Waals surface area (Å²) >= 11 is 0. The van der Waals surface area contributed by atoms with E-state index in [2.05, 4.69) is 40.9 Å². The summed E-state index contributed by atoms with van der Waals surface area (Å²) < 4.78 is 10.2. The summed E-state index contributed by atoms with van der Waals surface area (Å²) in [6.07, 6.45) is 0.625. The number of likely N-dealkylation sites (tertiary alicyclic amines) is 1. The lowest BCUT2D eigenvalue weighted by Gasteiger charge is -2.24. The molecule has 160 valence electrons. The molecule has 1 heterocycles. The largest absolute Gasteiger partial charge is 0.464 e. The number of esters is 1. The second-order valence-electron chi connectivity index (χ2n) is 7.61. The molecule has 1 saturated heterocycles. The average Bonchev–Trinajstić information content (AvgIpc) is 3.40. The first-order valence-electron chi connectivity index (χ1n) is 10.2. The number of fused-ring (bicyclic) bond motifs is 3. The molecule has 1 N–H and O–H groups in total. The quantitative estimate of drug-likeness (QED) is 0.593. The number of carbonyl (C=O) groups is 3. The zero-order valence-electron chi connectivity index (χ0n) is 17.3. The highest BCUT2D eigenvalue weighted by Crippen LogP contribution is 2.44. The second kappa shape index (κ2) is 8.63. The zero-order valence-corrected chi connectivity index (χ0v) is 17.3. The molecule has 7 nitrogen and oxygen atoms in total. The van der Waals surface area contributed by atoms with E-state index in [0.717, 1.165) is 22.3 Å². The van der Waals surface area contributed by atoms with Crippen LogP contribution in [0.5, 0.6) is 0 Å². The molecule has 1 atom stereocenters. The molecule has 0 aromatic heterocycles. The van der Waals surface area contributed by atoms with E-state index in [-0.39, 0.29) is 18.2 Å². The summed E-state index contributed by atoms with van der Waals surface area (Å²) in [5.74, 6) is -1.24. The van der Waals surface area contributed by atoms with Crippen molar-refractivity contribution in [2.24, 2.45) is 0 Å². The normalized spacial score (nSPS) is 16.9. The number of rotatable bonds is 5. The van der Waals surface area contributed by atoms with E-state index in [1.165, 1.54) is 12.0 Å². The van der Waals surface area contributed by atoms with Gasteiger partial charge in [-0.05, 0) is 35.1 Å². The van der Waals surface area contributed by atoms with Crippen molar-refractivity contribution < 1.29 is 23.9 Å². The van der Waals surface area contributed by atoms with Crippen LogP contribution < -0.4 is 5.32 Å². The summed E-state index contributed by atoms with van der Waals surface area (Å²) in [6.45, 7) is 4.10. The van der Waals surface area contributed by atoms with Crippen molar-refractivity contribution in [3.8, 4) is 11.1 Å². The molecule has 4 rings (SSSR count). The fourth-order valence-corrected chi connectivity index (χ4v) is 4.34.